The molecule has 0 saturated carbocycles. The van der Waals surface area contributed by atoms with E-state index in [-0.39, 0.29) is 51.2 Å². The van der Waals surface area contributed by atoms with Crippen LogP contribution in [-0.2, 0) is 0 Å². The minimum atomic E-state index is -0.652. The molecular weight excluding hydrogens is 593 g/mol. The molecule has 1 nitrogen and oxygen atoms in total. The second kappa shape index (κ2) is 11.1. The van der Waals surface area contributed by atoms with E-state index in [0.717, 1.165) is 49.0 Å². The second-order valence-electron chi connectivity index (χ2n) is 12.0. The molecule has 49 heavy (non-hydrogen) atoms. The molecule has 1 heterocycles. The van der Waals surface area contributed by atoms with Gasteiger partial charge in [-0.05, 0) is 95.5 Å². The number of rotatable bonds is 4. The Bertz CT molecular complexity index is 3420. The molecular formula is C48H30O. The minimum absolute atomic E-state index is 0.0964. The van der Waals surface area contributed by atoms with E-state index in [1.165, 1.54) is 5.56 Å². The molecule has 0 aliphatic carbocycles. The van der Waals surface area contributed by atoms with E-state index in [2.05, 4.69) is 84.9 Å². The van der Waals surface area contributed by atoms with Crippen LogP contribution in [-0.4, -0.2) is 0 Å². The van der Waals surface area contributed by atoms with E-state index in [0.29, 0.717) is 5.56 Å². The first kappa shape index (κ1) is 18.8. The first-order chi connectivity index (χ1) is 28.9. The van der Waals surface area contributed by atoms with Gasteiger partial charge in [-0.15, -0.1) is 0 Å². The molecule has 0 amide bonds. The van der Waals surface area contributed by atoms with Gasteiger partial charge in [-0.1, -0.05) is 158 Å². The van der Waals surface area contributed by atoms with Crippen molar-refractivity contribution in [3.8, 4) is 44.5 Å². The Hall–Kier alpha value is -6.44. The highest BCUT2D eigenvalue weighted by atomic mass is 16.3. The van der Waals surface area contributed by atoms with Crippen LogP contribution in [0.3, 0.4) is 0 Å². The first-order valence-electron chi connectivity index (χ1n) is 21.4. The summed E-state index contributed by atoms with van der Waals surface area (Å²) in [4.78, 5) is 0. The van der Waals surface area contributed by atoms with E-state index in [4.69, 9.17) is 18.1 Å². The number of benzene rings is 9. The molecule has 0 aliphatic heterocycles. The van der Waals surface area contributed by atoms with E-state index >= 15 is 0 Å². The van der Waals surface area contributed by atoms with Crippen molar-refractivity contribution < 1.29 is 19.5 Å². The lowest BCUT2D eigenvalue weighted by Crippen LogP contribution is -1.90. The fraction of sp³-hybridized carbons (Fsp3) is 0. The lowest BCUT2D eigenvalue weighted by Gasteiger charge is -2.18. The van der Waals surface area contributed by atoms with Gasteiger partial charge in [-0.2, -0.15) is 0 Å². The van der Waals surface area contributed by atoms with Crippen molar-refractivity contribution in [1.29, 1.82) is 0 Å². The number of para-hydroxylation sites is 1. The summed E-state index contributed by atoms with van der Waals surface area (Å²) in [5.41, 5.74) is 3.85. The summed E-state index contributed by atoms with van der Waals surface area (Å²) in [5, 5.41) is 6.02. The third kappa shape index (κ3) is 4.47. The molecule has 0 aliphatic rings. The Morgan fingerprint density at radius 1 is 0.388 bits per heavy atom. The minimum Gasteiger partial charge on any atom is -0.455 e. The summed E-state index contributed by atoms with van der Waals surface area (Å²) in [5.74, 6) is 0. The molecule has 0 bridgehead atoms. The molecule has 0 fully saturated rings. The predicted octanol–water partition coefficient (Wildman–Crippen LogP) is 13.7. The van der Waals surface area contributed by atoms with Gasteiger partial charge in [0.25, 0.3) is 0 Å². The van der Waals surface area contributed by atoms with Crippen LogP contribution < -0.4 is 0 Å². The molecule has 0 radical (unpaired) electrons. The highest BCUT2D eigenvalue weighted by Gasteiger charge is 2.17. The monoisotopic (exact) mass is 633 g/mol. The molecule has 1 aromatic heterocycles. The predicted molar refractivity (Wildman–Crippen MR) is 208 cm³/mol. The van der Waals surface area contributed by atoms with Crippen LogP contribution in [0.25, 0.3) is 98.8 Å². The highest BCUT2D eigenvalue weighted by Crippen LogP contribution is 2.44. The van der Waals surface area contributed by atoms with Crippen molar-refractivity contribution in [1.82, 2.24) is 0 Å². The normalized spacial score (nSPS) is 14.8. The van der Waals surface area contributed by atoms with Crippen LogP contribution >= 0.6 is 0 Å². The first-order valence-corrected chi connectivity index (χ1v) is 15.9. The molecule has 0 unspecified atom stereocenters. The fourth-order valence-electron chi connectivity index (χ4n) is 7.02. The van der Waals surface area contributed by atoms with Gasteiger partial charge in [0, 0.05) is 16.3 Å². The van der Waals surface area contributed by atoms with Crippen molar-refractivity contribution >= 4 is 54.3 Å². The van der Waals surface area contributed by atoms with Gasteiger partial charge in [-0.25, -0.2) is 0 Å². The van der Waals surface area contributed by atoms with Gasteiger partial charge < -0.3 is 4.42 Å². The summed E-state index contributed by atoms with van der Waals surface area (Å²) in [7, 11) is 0. The second-order valence-corrected chi connectivity index (χ2v) is 12.0. The fourth-order valence-corrected chi connectivity index (χ4v) is 7.02. The third-order valence-corrected chi connectivity index (χ3v) is 9.22. The van der Waals surface area contributed by atoms with Gasteiger partial charge >= 0.3 is 0 Å². The molecule has 0 spiro atoms. The van der Waals surface area contributed by atoms with Crippen LogP contribution in [0.1, 0.15) is 15.1 Å². The number of hydrogen-bond acceptors (Lipinski definition) is 1. The molecule has 10 rings (SSSR count). The number of hydrogen-bond donors (Lipinski definition) is 0. The van der Waals surface area contributed by atoms with Crippen LogP contribution in [0.15, 0.2) is 186 Å². The van der Waals surface area contributed by atoms with Crippen molar-refractivity contribution in [3.63, 3.8) is 0 Å². The molecule has 1 heteroatoms. The molecule has 9 aromatic carbocycles. The van der Waals surface area contributed by atoms with Gasteiger partial charge in [0.2, 0.25) is 0 Å². The maximum atomic E-state index is 9.36. The summed E-state index contributed by atoms with van der Waals surface area (Å²) in [6.07, 6.45) is 0. The van der Waals surface area contributed by atoms with Gasteiger partial charge in [0.1, 0.15) is 11.2 Å². The lowest BCUT2D eigenvalue weighted by molar-refractivity contribution is 0.670. The van der Waals surface area contributed by atoms with Crippen LogP contribution in [0.4, 0.5) is 0 Å². The Balaban J connectivity index is 1.16. The van der Waals surface area contributed by atoms with E-state index in [9.17, 15) is 1.37 Å². The zero-order valence-corrected chi connectivity index (χ0v) is 25.9. The molecule has 10 aromatic rings. The van der Waals surface area contributed by atoms with E-state index in [1.807, 2.05) is 24.3 Å². The average molecular weight is 634 g/mol. The molecule has 0 saturated heterocycles. The molecule has 228 valence electrons. The smallest absolute Gasteiger partial charge is 0.143 e. The standard InChI is InChI=1S/C48H30O/c1-3-12-31(13-4-1)38-20-11-21-44-39-27-26-36(30-45(39)49-48(38)44)34-22-23-35-29-37(25-24-33(35)28-34)47-42-18-9-7-16-40(42)46(32-14-5-2-6-15-32)41-17-8-10-19-43(41)47/h1-30H/i1D,3D,4D,11D,12D,13D,20D,21D,26D,27D,30D. The Labute approximate surface area is 299 Å². The van der Waals surface area contributed by atoms with Crippen LogP contribution in [0.5, 0.6) is 0 Å². The van der Waals surface area contributed by atoms with E-state index in [1.54, 1.807) is 6.07 Å². The van der Waals surface area contributed by atoms with Crippen LogP contribution in [0, 0.1) is 0 Å². The van der Waals surface area contributed by atoms with Crippen LogP contribution in [0.2, 0.25) is 0 Å². The van der Waals surface area contributed by atoms with Crippen molar-refractivity contribution in [2.45, 2.75) is 0 Å². The van der Waals surface area contributed by atoms with Gasteiger partial charge in [0.05, 0.1) is 15.1 Å². The zero-order chi connectivity index (χ0) is 41.9. The largest absolute Gasteiger partial charge is 0.455 e. The SMILES string of the molecule is [2H]c1c([2H])c([2H])c(-c2c([2H])c([2H])c([2H])c3c2oc2c([2H])c(-c4ccc5cc(-c6c7ccccc7c(-c7ccccc7)c7ccccc67)ccc5c4)c([2H])c([2H])c23)c([2H])c1[2H]. The Kier molecular flexibility index (Phi) is 4.25. The number of fused-ring (bicyclic) bond motifs is 6. The summed E-state index contributed by atoms with van der Waals surface area (Å²) in [6, 6.07) is 33.2. The summed E-state index contributed by atoms with van der Waals surface area (Å²) in [6.45, 7) is 0. The lowest BCUT2D eigenvalue weighted by atomic mass is 9.85. The molecule has 0 N–H and O–H groups in total. The third-order valence-electron chi connectivity index (χ3n) is 9.22. The highest BCUT2D eigenvalue weighted by molar-refractivity contribution is 6.21. The maximum Gasteiger partial charge on any atom is 0.143 e. The quantitative estimate of drug-likeness (QED) is 0.176. The maximum absolute atomic E-state index is 9.36. The molecule has 0 atom stereocenters. The summed E-state index contributed by atoms with van der Waals surface area (Å²) >= 11 is 0. The summed E-state index contributed by atoms with van der Waals surface area (Å²) < 4.78 is 102. The van der Waals surface area contributed by atoms with Gasteiger partial charge in [-0.3, -0.25) is 0 Å². The Morgan fingerprint density at radius 3 is 1.69 bits per heavy atom. The van der Waals surface area contributed by atoms with Crippen molar-refractivity contribution in [2.75, 3.05) is 0 Å². The van der Waals surface area contributed by atoms with Gasteiger partial charge in [0.15, 0.2) is 0 Å². The topological polar surface area (TPSA) is 13.1 Å². The Morgan fingerprint density at radius 2 is 1.00 bits per heavy atom. The number of furan rings is 1. The van der Waals surface area contributed by atoms with E-state index < -0.39 is 53.9 Å². The zero-order valence-electron chi connectivity index (χ0n) is 36.9. The van der Waals surface area contributed by atoms with Crippen molar-refractivity contribution in [2.24, 2.45) is 0 Å². The van der Waals surface area contributed by atoms with Crippen molar-refractivity contribution in [3.05, 3.63) is 182 Å². The average Bonchev–Trinajstić information content (AvgIpc) is 3.67.